The van der Waals surface area contributed by atoms with Crippen LogP contribution in [0.2, 0.25) is 0 Å². The van der Waals surface area contributed by atoms with Crippen LogP contribution in [0, 0.1) is 12.7 Å². The van der Waals surface area contributed by atoms with Gasteiger partial charge in [-0.3, -0.25) is 9.20 Å². The summed E-state index contributed by atoms with van der Waals surface area (Å²) < 4.78 is 14.5. The summed E-state index contributed by atoms with van der Waals surface area (Å²) in [7, 11) is 0. The van der Waals surface area contributed by atoms with Gasteiger partial charge in [-0.05, 0) is 31.2 Å². The van der Waals surface area contributed by atoms with E-state index in [1.54, 1.807) is 28.9 Å². The topological polar surface area (TPSA) is 72.2 Å². The second-order valence-electron chi connectivity index (χ2n) is 5.70. The Morgan fingerprint density at radius 1 is 1.19 bits per heavy atom. The highest BCUT2D eigenvalue weighted by Crippen LogP contribution is 2.28. The number of rotatable bonds is 4. The Bertz CT molecular complexity index is 1120. The number of benzene rings is 1. The van der Waals surface area contributed by atoms with Gasteiger partial charge in [0, 0.05) is 34.6 Å². The summed E-state index contributed by atoms with van der Waals surface area (Å²) in [6.45, 7) is 2.32. The fraction of sp³-hybridized carbons (Fsp3) is 0.111. The predicted octanol–water partition coefficient (Wildman–Crippen LogP) is 3.27. The molecule has 0 aliphatic heterocycles. The van der Waals surface area contributed by atoms with E-state index in [0.717, 1.165) is 21.8 Å². The lowest BCUT2D eigenvalue weighted by molar-refractivity contribution is 0.628. The molecule has 3 heterocycles. The zero-order chi connectivity index (χ0) is 18.1. The van der Waals surface area contributed by atoms with Crippen molar-refractivity contribution in [1.29, 1.82) is 0 Å². The molecule has 0 unspecified atom stereocenters. The number of hydrogen-bond donors (Lipinski definition) is 1. The number of aryl methyl sites for hydroxylation is 1. The van der Waals surface area contributed by atoms with E-state index in [-0.39, 0.29) is 11.4 Å². The van der Waals surface area contributed by atoms with Crippen LogP contribution in [-0.4, -0.2) is 19.4 Å². The molecule has 0 bridgehead atoms. The minimum atomic E-state index is -0.292. The second kappa shape index (κ2) is 6.64. The molecule has 0 fully saturated rings. The molecule has 0 saturated carbocycles. The maximum atomic E-state index is 13.0. The summed E-state index contributed by atoms with van der Waals surface area (Å²) in [5.41, 5.74) is 2.77. The van der Waals surface area contributed by atoms with Crippen molar-refractivity contribution in [2.75, 3.05) is 5.32 Å². The average molecular weight is 367 g/mol. The van der Waals surface area contributed by atoms with Crippen molar-refractivity contribution in [2.24, 2.45) is 0 Å². The third-order valence-corrected chi connectivity index (χ3v) is 4.85. The van der Waals surface area contributed by atoms with Crippen LogP contribution in [0.3, 0.4) is 0 Å². The molecular weight excluding hydrogens is 353 g/mol. The van der Waals surface area contributed by atoms with Gasteiger partial charge in [0.05, 0.1) is 17.9 Å². The van der Waals surface area contributed by atoms with E-state index in [4.69, 9.17) is 0 Å². The number of aromatic nitrogens is 4. The van der Waals surface area contributed by atoms with E-state index >= 15 is 0 Å². The first-order valence-corrected chi connectivity index (χ1v) is 8.70. The first kappa shape index (κ1) is 16.3. The highest BCUT2D eigenvalue weighted by atomic mass is 32.1. The highest BCUT2D eigenvalue weighted by Gasteiger charge is 2.15. The molecule has 4 rings (SSSR count). The lowest BCUT2D eigenvalue weighted by Gasteiger charge is -2.06. The largest absolute Gasteiger partial charge is 0.379 e. The van der Waals surface area contributed by atoms with Crippen molar-refractivity contribution in [1.82, 2.24) is 19.4 Å². The van der Waals surface area contributed by atoms with E-state index < -0.39 is 0 Å². The zero-order valence-electron chi connectivity index (χ0n) is 13.8. The molecule has 0 aliphatic carbocycles. The summed E-state index contributed by atoms with van der Waals surface area (Å²) in [5.74, 6) is -0.292. The average Bonchev–Trinajstić information content (AvgIpc) is 2.98. The van der Waals surface area contributed by atoms with Gasteiger partial charge in [-0.15, -0.1) is 11.3 Å². The summed E-state index contributed by atoms with van der Waals surface area (Å²) >= 11 is 1.44. The van der Waals surface area contributed by atoms with Crippen molar-refractivity contribution in [3.63, 3.8) is 0 Å². The van der Waals surface area contributed by atoms with Crippen LogP contribution in [-0.2, 0) is 6.54 Å². The lowest BCUT2D eigenvalue weighted by atomic mass is 10.2. The van der Waals surface area contributed by atoms with Crippen molar-refractivity contribution in [2.45, 2.75) is 13.5 Å². The Balaban J connectivity index is 1.69. The molecule has 0 spiro atoms. The molecular formula is C18H14FN5OS. The highest BCUT2D eigenvalue weighted by molar-refractivity contribution is 7.17. The summed E-state index contributed by atoms with van der Waals surface area (Å²) in [6, 6.07) is 7.55. The Kier molecular flexibility index (Phi) is 4.18. The molecule has 0 atom stereocenters. The lowest BCUT2D eigenvalue weighted by Crippen LogP contribution is -2.16. The van der Waals surface area contributed by atoms with Gasteiger partial charge in [-0.25, -0.2) is 19.3 Å². The standard InChI is InChI=1S/C18H14FN5OS/c1-11-17(12-7-20-10-21-8-12)24-16(25)6-15(23-18(24)26-11)9-22-14-4-2-13(19)3-5-14/h2-8,10,22H,9H2,1H3. The van der Waals surface area contributed by atoms with Gasteiger partial charge in [0.15, 0.2) is 4.96 Å². The number of hydrogen-bond acceptors (Lipinski definition) is 6. The number of halogens is 1. The van der Waals surface area contributed by atoms with Crippen LogP contribution in [0.1, 0.15) is 10.6 Å². The molecule has 3 aromatic heterocycles. The Hall–Kier alpha value is -3.13. The molecule has 8 heteroatoms. The Morgan fingerprint density at radius 3 is 2.65 bits per heavy atom. The summed E-state index contributed by atoms with van der Waals surface area (Å²) in [5, 5.41) is 3.14. The Labute approximate surface area is 152 Å². The molecule has 1 aromatic carbocycles. The van der Waals surface area contributed by atoms with Crippen molar-refractivity contribution in [3.8, 4) is 11.3 Å². The number of fused-ring (bicyclic) bond motifs is 1. The fourth-order valence-corrected chi connectivity index (χ4v) is 3.74. The molecule has 26 heavy (non-hydrogen) atoms. The number of nitrogens with one attached hydrogen (secondary N) is 1. The maximum absolute atomic E-state index is 13.0. The summed E-state index contributed by atoms with van der Waals surface area (Å²) in [4.78, 5) is 26.9. The van der Waals surface area contributed by atoms with Gasteiger partial charge in [-0.2, -0.15) is 0 Å². The summed E-state index contributed by atoms with van der Waals surface area (Å²) in [6.07, 6.45) is 4.81. The molecule has 4 aromatic rings. The molecule has 0 radical (unpaired) electrons. The molecule has 0 amide bonds. The quantitative estimate of drug-likeness (QED) is 0.599. The van der Waals surface area contributed by atoms with E-state index in [1.807, 2.05) is 6.92 Å². The molecule has 6 nitrogen and oxygen atoms in total. The van der Waals surface area contributed by atoms with Crippen molar-refractivity contribution < 1.29 is 4.39 Å². The normalized spacial score (nSPS) is 11.0. The third-order valence-electron chi connectivity index (χ3n) is 3.89. The van der Waals surface area contributed by atoms with Crippen molar-refractivity contribution >= 4 is 22.0 Å². The smallest absolute Gasteiger partial charge is 0.259 e. The van der Waals surface area contributed by atoms with E-state index in [1.165, 1.54) is 35.9 Å². The molecule has 0 aliphatic rings. The van der Waals surface area contributed by atoms with Crippen molar-refractivity contribution in [3.05, 3.63) is 75.8 Å². The SMILES string of the molecule is Cc1sc2nc(CNc3ccc(F)cc3)cc(=O)n2c1-c1cncnc1. The van der Waals surface area contributed by atoms with E-state index in [9.17, 15) is 9.18 Å². The monoisotopic (exact) mass is 367 g/mol. The predicted molar refractivity (Wildman–Crippen MR) is 98.8 cm³/mol. The van der Waals surface area contributed by atoms with Gasteiger partial charge < -0.3 is 5.32 Å². The van der Waals surface area contributed by atoms with Gasteiger partial charge in [0.1, 0.15) is 12.1 Å². The van der Waals surface area contributed by atoms with Crippen LogP contribution in [0.5, 0.6) is 0 Å². The first-order valence-electron chi connectivity index (χ1n) is 7.89. The van der Waals surface area contributed by atoms with Crippen LogP contribution >= 0.6 is 11.3 Å². The fourth-order valence-electron chi connectivity index (χ4n) is 2.73. The first-order chi connectivity index (χ1) is 12.6. The molecule has 130 valence electrons. The minimum Gasteiger partial charge on any atom is -0.379 e. The van der Waals surface area contributed by atoms with Crippen LogP contribution in [0.15, 0.2) is 53.8 Å². The number of thiazole rings is 1. The molecule has 0 saturated heterocycles. The van der Waals surface area contributed by atoms with Gasteiger partial charge in [0.25, 0.3) is 5.56 Å². The van der Waals surface area contributed by atoms with Crippen LogP contribution < -0.4 is 10.9 Å². The van der Waals surface area contributed by atoms with Crippen LogP contribution in [0.4, 0.5) is 10.1 Å². The molecule has 1 N–H and O–H groups in total. The van der Waals surface area contributed by atoms with Crippen LogP contribution in [0.25, 0.3) is 16.2 Å². The number of anilines is 1. The minimum absolute atomic E-state index is 0.158. The second-order valence-corrected chi connectivity index (χ2v) is 6.88. The zero-order valence-corrected chi connectivity index (χ0v) is 14.6. The third kappa shape index (κ3) is 3.06. The van der Waals surface area contributed by atoms with Gasteiger partial charge in [0.2, 0.25) is 0 Å². The van der Waals surface area contributed by atoms with Gasteiger partial charge >= 0.3 is 0 Å². The maximum Gasteiger partial charge on any atom is 0.259 e. The van der Waals surface area contributed by atoms with Gasteiger partial charge in [-0.1, -0.05) is 0 Å². The van der Waals surface area contributed by atoms with E-state index in [0.29, 0.717) is 17.2 Å². The van der Waals surface area contributed by atoms with E-state index in [2.05, 4.69) is 20.3 Å². The number of nitrogens with zero attached hydrogens (tertiary/aromatic N) is 4. The Morgan fingerprint density at radius 2 is 1.92 bits per heavy atom.